The number of hydrogen-bond acceptors (Lipinski definition) is 4. The molecular weight excluding hydrogens is 286 g/mol. The first-order chi connectivity index (χ1) is 10.0. The number of nitrogens with zero attached hydrogens (tertiary/aromatic N) is 1. The Kier molecular flexibility index (Phi) is 5.53. The van der Waals surface area contributed by atoms with E-state index in [2.05, 4.69) is 30.0 Å². The molecule has 0 aliphatic carbocycles. The first-order valence-corrected chi connectivity index (χ1v) is 8.45. The Labute approximate surface area is 130 Å². The summed E-state index contributed by atoms with van der Waals surface area (Å²) >= 11 is 1.66. The van der Waals surface area contributed by atoms with Gasteiger partial charge < -0.3 is 9.84 Å². The van der Waals surface area contributed by atoms with E-state index in [0.717, 1.165) is 30.0 Å². The lowest BCUT2D eigenvalue weighted by molar-refractivity contribution is -0.144. The normalized spacial score (nSPS) is 23.0. The van der Waals surface area contributed by atoms with Gasteiger partial charge in [0.15, 0.2) is 0 Å². The van der Waals surface area contributed by atoms with Crippen LogP contribution in [0.25, 0.3) is 0 Å². The molecule has 21 heavy (non-hydrogen) atoms. The summed E-state index contributed by atoms with van der Waals surface area (Å²) in [5.41, 5.74) is 1.17. The summed E-state index contributed by atoms with van der Waals surface area (Å²) < 4.78 is 5.42. The Balaban J connectivity index is 2.10. The highest BCUT2D eigenvalue weighted by atomic mass is 32.2. The van der Waals surface area contributed by atoms with E-state index in [-0.39, 0.29) is 5.92 Å². The molecule has 0 radical (unpaired) electrons. The van der Waals surface area contributed by atoms with Crippen molar-refractivity contribution in [2.45, 2.75) is 37.2 Å². The molecule has 4 nitrogen and oxygen atoms in total. The van der Waals surface area contributed by atoms with Crippen molar-refractivity contribution in [1.82, 2.24) is 4.90 Å². The molecular formula is C16H23NO3S. The van der Waals surface area contributed by atoms with Crippen LogP contribution in [0.2, 0.25) is 0 Å². The van der Waals surface area contributed by atoms with Crippen LogP contribution >= 0.6 is 11.8 Å². The van der Waals surface area contributed by atoms with Gasteiger partial charge in [0.25, 0.3) is 0 Å². The SMILES string of the molecule is COc1cc(CN2CC(C(=O)O)CCC2C)ccc1SC. The third-order valence-corrected chi connectivity index (χ3v) is 4.97. The van der Waals surface area contributed by atoms with E-state index in [0.29, 0.717) is 12.6 Å². The quantitative estimate of drug-likeness (QED) is 0.847. The van der Waals surface area contributed by atoms with Crippen LogP contribution in [0.4, 0.5) is 0 Å². The zero-order valence-corrected chi connectivity index (χ0v) is 13.7. The van der Waals surface area contributed by atoms with E-state index in [1.54, 1.807) is 18.9 Å². The highest BCUT2D eigenvalue weighted by Gasteiger charge is 2.29. The van der Waals surface area contributed by atoms with Gasteiger partial charge in [0, 0.05) is 24.0 Å². The Morgan fingerprint density at radius 2 is 2.24 bits per heavy atom. The number of methoxy groups -OCH3 is 1. The molecule has 116 valence electrons. The summed E-state index contributed by atoms with van der Waals surface area (Å²) in [6.07, 6.45) is 3.75. The average molecular weight is 309 g/mol. The number of benzene rings is 1. The van der Waals surface area contributed by atoms with Crippen molar-refractivity contribution >= 4 is 17.7 Å². The second kappa shape index (κ2) is 7.18. The summed E-state index contributed by atoms with van der Waals surface area (Å²) in [6, 6.07) is 6.66. The molecule has 5 heteroatoms. The molecule has 1 aliphatic rings. The van der Waals surface area contributed by atoms with Crippen molar-refractivity contribution in [3.05, 3.63) is 23.8 Å². The van der Waals surface area contributed by atoms with Gasteiger partial charge in [-0.3, -0.25) is 9.69 Å². The summed E-state index contributed by atoms with van der Waals surface area (Å²) in [5.74, 6) is -0.0322. The van der Waals surface area contributed by atoms with Gasteiger partial charge in [0.2, 0.25) is 0 Å². The van der Waals surface area contributed by atoms with E-state index in [1.807, 2.05) is 6.26 Å². The minimum atomic E-state index is -0.679. The molecule has 2 atom stereocenters. The number of ether oxygens (including phenoxy) is 1. The Morgan fingerprint density at radius 1 is 1.48 bits per heavy atom. The van der Waals surface area contributed by atoms with Crippen LogP contribution in [0.15, 0.2) is 23.1 Å². The third-order valence-electron chi connectivity index (χ3n) is 4.19. The first kappa shape index (κ1) is 16.2. The molecule has 1 heterocycles. The molecule has 1 aromatic carbocycles. The lowest BCUT2D eigenvalue weighted by Crippen LogP contribution is -2.43. The van der Waals surface area contributed by atoms with Crippen LogP contribution in [0, 0.1) is 5.92 Å². The number of likely N-dealkylation sites (tertiary alicyclic amines) is 1. The van der Waals surface area contributed by atoms with Crippen molar-refractivity contribution < 1.29 is 14.6 Å². The summed E-state index contributed by atoms with van der Waals surface area (Å²) in [6.45, 7) is 3.57. The highest BCUT2D eigenvalue weighted by Crippen LogP contribution is 2.30. The van der Waals surface area contributed by atoms with E-state index in [9.17, 15) is 9.90 Å². The van der Waals surface area contributed by atoms with Crippen molar-refractivity contribution in [3.8, 4) is 5.75 Å². The van der Waals surface area contributed by atoms with Crippen molar-refractivity contribution in [2.24, 2.45) is 5.92 Å². The van der Waals surface area contributed by atoms with Gasteiger partial charge in [0.1, 0.15) is 5.75 Å². The molecule has 1 saturated heterocycles. The number of carboxylic acid groups (broad SMARTS) is 1. The van der Waals surface area contributed by atoms with Gasteiger partial charge in [-0.05, 0) is 43.7 Å². The van der Waals surface area contributed by atoms with Crippen LogP contribution < -0.4 is 4.74 Å². The molecule has 0 aromatic heterocycles. The maximum atomic E-state index is 11.2. The lowest BCUT2D eigenvalue weighted by atomic mass is 9.93. The zero-order valence-electron chi connectivity index (χ0n) is 12.8. The molecule has 0 saturated carbocycles. The smallest absolute Gasteiger partial charge is 0.307 e. The van der Waals surface area contributed by atoms with Gasteiger partial charge in [0.05, 0.1) is 13.0 Å². The predicted octanol–water partition coefficient (Wildman–Crippen LogP) is 3.10. The van der Waals surface area contributed by atoms with Crippen LogP contribution in [0.3, 0.4) is 0 Å². The van der Waals surface area contributed by atoms with Crippen LogP contribution in [0.1, 0.15) is 25.3 Å². The zero-order chi connectivity index (χ0) is 15.4. The van der Waals surface area contributed by atoms with Crippen LogP contribution in [-0.4, -0.2) is 41.9 Å². The molecule has 1 N–H and O–H groups in total. The fourth-order valence-corrected chi connectivity index (χ4v) is 3.36. The Bertz CT molecular complexity index is 506. The molecule has 1 aliphatic heterocycles. The minimum Gasteiger partial charge on any atom is -0.496 e. The van der Waals surface area contributed by atoms with Gasteiger partial charge in [-0.15, -0.1) is 11.8 Å². The van der Waals surface area contributed by atoms with Crippen molar-refractivity contribution in [1.29, 1.82) is 0 Å². The second-order valence-electron chi connectivity index (χ2n) is 5.58. The van der Waals surface area contributed by atoms with E-state index < -0.39 is 5.97 Å². The van der Waals surface area contributed by atoms with E-state index in [4.69, 9.17) is 4.74 Å². The maximum absolute atomic E-state index is 11.2. The molecule has 0 bridgehead atoms. The fraction of sp³-hybridized carbons (Fsp3) is 0.562. The van der Waals surface area contributed by atoms with Crippen LogP contribution in [-0.2, 0) is 11.3 Å². The number of hydrogen-bond donors (Lipinski definition) is 1. The molecule has 1 aromatic rings. The summed E-state index contributed by atoms with van der Waals surface area (Å²) in [5, 5.41) is 9.21. The first-order valence-electron chi connectivity index (χ1n) is 7.23. The van der Waals surface area contributed by atoms with E-state index in [1.165, 1.54) is 5.56 Å². The topological polar surface area (TPSA) is 49.8 Å². The third kappa shape index (κ3) is 3.92. The number of thioether (sulfide) groups is 1. The van der Waals surface area contributed by atoms with Crippen molar-refractivity contribution in [3.63, 3.8) is 0 Å². The Morgan fingerprint density at radius 3 is 2.86 bits per heavy atom. The average Bonchev–Trinajstić information content (AvgIpc) is 2.49. The van der Waals surface area contributed by atoms with Crippen LogP contribution in [0.5, 0.6) is 5.75 Å². The molecule has 1 fully saturated rings. The van der Waals surface area contributed by atoms with Gasteiger partial charge >= 0.3 is 5.97 Å². The lowest BCUT2D eigenvalue weighted by Gasteiger charge is -2.36. The van der Waals surface area contributed by atoms with Gasteiger partial charge in [-0.2, -0.15) is 0 Å². The molecule has 0 spiro atoms. The molecule has 2 rings (SSSR count). The fourth-order valence-electron chi connectivity index (χ4n) is 2.81. The molecule has 2 unspecified atom stereocenters. The number of carbonyl (C=O) groups is 1. The van der Waals surface area contributed by atoms with Gasteiger partial charge in [-0.1, -0.05) is 6.07 Å². The highest BCUT2D eigenvalue weighted by molar-refractivity contribution is 7.98. The monoisotopic (exact) mass is 309 g/mol. The second-order valence-corrected chi connectivity index (χ2v) is 6.43. The largest absolute Gasteiger partial charge is 0.496 e. The van der Waals surface area contributed by atoms with E-state index >= 15 is 0 Å². The number of aliphatic carboxylic acids is 1. The Hall–Kier alpha value is -1.20. The number of carboxylic acids is 1. The maximum Gasteiger partial charge on any atom is 0.307 e. The number of rotatable bonds is 5. The number of piperidine rings is 1. The molecule has 0 amide bonds. The predicted molar refractivity (Wildman–Crippen MR) is 85.0 cm³/mol. The summed E-state index contributed by atoms with van der Waals surface area (Å²) in [4.78, 5) is 14.6. The van der Waals surface area contributed by atoms with Crippen molar-refractivity contribution in [2.75, 3.05) is 19.9 Å². The van der Waals surface area contributed by atoms with Gasteiger partial charge in [-0.25, -0.2) is 0 Å². The minimum absolute atomic E-state index is 0.242. The summed E-state index contributed by atoms with van der Waals surface area (Å²) in [7, 11) is 1.68. The standard InChI is InChI=1S/C16H23NO3S/c1-11-4-6-13(16(18)19)10-17(11)9-12-5-7-15(21-3)14(8-12)20-2/h5,7-8,11,13H,4,6,9-10H2,1-3H3,(H,18,19).